The van der Waals surface area contributed by atoms with Crippen LogP contribution >= 0.6 is 0 Å². The molecular formula is C12H21N5O2. The highest BCUT2D eigenvalue weighted by Gasteiger charge is 2.17. The normalized spacial score (nSPS) is 10.1. The van der Waals surface area contributed by atoms with Crippen molar-refractivity contribution in [3.05, 3.63) is 6.33 Å². The first-order valence-corrected chi connectivity index (χ1v) is 6.32. The van der Waals surface area contributed by atoms with Crippen LogP contribution < -0.4 is 20.7 Å². The van der Waals surface area contributed by atoms with Crippen LogP contribution in [0.3, 0.4) is 0 Å². The molecule has 1 aromatic heterocycles. The lowest BCUT2D eigenvalue weighted by Crippen LogP contribution is -2.37. The van der Waals surface area contributed by atoms with Crippen LogP contribution in [-0.2, 0) is 4.79 Å². The van der Waals surface area contributed by atoms with Crippen molar-refractivity contribution in [2.75, 3.05) is 37.4 Å². The Morgan fingerprint density at radius 3 is 2.79 bits per heavy atom. The van der Waals surface area contributed by atoms with Crippen LogP contribution in [0.25, 0.3) is 0 Å². The number of likely N-dealkylation sites (N-methyl/N-ethyl adjacent to an activating group) is 1. The number of rotatable bonds is 7. The van der Waals surface area contributed by atoms with Crippen molar-refractivity contribution in [3.63, 3.8) is 0 Å². The number of ether oxygens (including phenoxy) is 1. The Balaban J connectivity index is 3.01. The molecule has 106 valence electrons. The van der Waals surface area contributed by atoms with Gasteiger partial charge in [-0.2, -0.15) is 4.98 Å². The summed E-state index contributed by atoms with van der Waals surface area (Å²) >= 11 is 0. The van der Waals surface area contributed by atoms with E-state index in [1.165, 1.54) is 6.33 Å². The van der Waals surface area contributed by atoms with Crippen molar-refractivity contribution in [1.82, 2.24) is 15.3 Å². The molecule has 0 aliphatic heterocycles. The zero-order valence-corrected chi connectivity index (χ0v) is 11.6. The third-order valence-corrected chi connectivity index (χ3v) is 2.51. The van der Waals surface area contributed by atoms with E-state index >= 15 is 0 Å². The van der Waals surface area contributed by atoms with Gasteiger partial charge in [-0.3, -0.25) is 4.79 Å². The molecule has 0 bridgehead atoms. The molecule has 0 spiro atoms. The average molecular weight is 267 g/mol. The highest BCUT2D eigenvalue weighted by molar-refractivity contribution is 5.82. The minimum atomic E-state index is -0.0931. The Morgan fingerprint density at radius 1 is 1.47 bits per heavy atom. The second kappa shape index (κ2) is 7.40. The number of hydrogen-bond acceptors (Lipinski definition) is 6. The monoisotopic (exact) mass is 267 g/mol. The second-order valence-corrected chi connectivity index (χ2v) is 3.94. The number of nitrogens with one attached hydrogen (secondary N) is 1. The van der Waals surface area contributed by atoms with Gasteiger partial charge in [0.25, 0.3) is 0 Å². The van der Waals surface area contributed by atoms with Crippen LogP contribution in [0.1, 0.15) is 20.3 Å². The molecule has 0 atom stereocenters. The summed E-state index contributed by atoms with van der Waals surface area (Å²) in [5.41, 5.74) is 6.36. The Labute approximate surface area is 113 Å². The Morgan fingerprint density at radius 2 is 2.21 bits per heavy atom. The first-order chi connectivity index (χ1) is 9.13. The maximum absolute atomic E-state index is 11.5. The van der Waals surface area contributed by atoms with Gasteiger partial charge in [-0.15, -0.1) is 0 Å². The van der Waals surface area contributed by atoms with Gasteiger partial charge in [0.05, 0.1) is 13.2 Å². The highest BCUT2D eigenvalue weighted by atomic mass is 16.5. The third kappa shape index (κ3) is 3.97. The summed E-state index contributed by atoms with van der Waals surface area (Å²) in [5.74, 6) is 0.791. The Hall–Kier alpha value is -2.05. The Kier molecular flexibility index (Phi) is 5.84. The zero-order chi connectivity index (χ0) is 14.3. The molecule has 7 nitrogen and oxygen atoms in total. The van der Waals surface area contributed by atoms with E-state index in [1.54, 1.807) is 7.05 Å². The van der Waals surface area contributed by atoms with Crippen molar-refractivity contribution < 1.29 is 9.53 Å². The number of carbonyl (C=O) groups is 1. The lowest BCUT2D eigenvalue weighted by atomic mass is 10.3. The lowest BCUT2D eigenvalue weighted by Gasteiger charge is -2.23. The zero-order valence-electron chi connectivity index (χ0n) is 11.6. The van der Waals surface area contributed by atoms with Crippen LogP contribution in [0.4, 0.5) is 11.5 Å². The van der Waals surface area contributed by atoms with E-state index in [0.717, 1.165) is 6.42 Å². The van der Waals surface area contributed by atoms with Gasteiger partial charge in [-0.05, 0) is 13.3 Å². The topological polar surface area (TPSA) is 93.4 Å². The van der Waals surface area contributed by atoms with Crippen LogP contribution in [0.2, 0.25) is 0 Å². The molecule has 0 aliphatic rings. The fourth-order valence-corrected chi connectivity index (χ4v) is 1.66. The fourth-order valence-electron chi connectivity index (χ4n) is 1.66. The first-order valence-electron chi connectivity index (χ1n) is 6.32. The minimum Gasteiger partial charge on any atom is -0.476 e. The van der Waals surface area contributed by atoms with Gasteiger partial charge in [-0.1, -0.05) is 6.92 Å². The summed E-state index contributed by atoms with van der Waals surface area (Å²) < 4.78 is 5.33. The van der Waals surface area contributed by atoms with E-state index in [9.17, 15) is 4.79 Å². The molecule has 19 heavy (non-hydrogen) atoms. The van der Waals surface area contributed by atoms with Crippen LogP contribution in [0.15, 0.2) is 6.33 Å². The van der Waals surface area contributed by atoms with Gasteiger partial charge in [0.2, 0.25) is 11.8 Å². The summed E-state index contributed by atoms with van der Waals surface area (Å²) in [6.45, 7) is 5.24. The molecule has 7 heteroatoms. The molecule has 0 unspecified atom stereocenters. The number of amides is 1. The van der Waals surface area contributed by atoms with Crippen LogP contribution in [0.5, 0.6) is 5.88 Å². The molecule has 0 saturated carbocycles. The molecular weight excluding hydrogens is 246 g/mol. The van der Waals surface area contributed by atoms with Crippen LogP contribution in [0, 0.1) is 0 Å². The summed E-state index contributed by atoms with van der Waals surface area (Å²) in [5, 5.41) is 2.59. The average Bonchev–Trinajstić information content (AvgIpc) is 2.41. The molecule has 0 aromatic carbocycles. The quantitative estimate of drug-likeness (QED) is 0.743. The summed E-state index contributed by atoms with van der Waals surface area (Å²) in [4.78, 5) is 21.5. The number of anilines is 2. The minimum absolute atomic E-state index is 0.0931. The SMILES string of the molecule is CCCN(CC(=O)NC)c1ncnc(OCC)c1N. The molecule has 0 aliphatic carbocycles. The molecule has 1 amide bonds. The van der Waals surface area contributed by atoms with E-state index in [2.05, 4.69) is 15.3 Å². The predicted octanol–water partition coefficient (Wildman–Crippen LogP) is 0.420. The van der Waals surface area contributed by atoms with Crippen molar-refractivity contribution in [2.24, 2.45) is 0 Å². The number of nitrogen functional groups attached to an aromatic ring is 1. The van der Waals surface area contributed by atoms with Gasteiger partial charge in [0.15, 0.2) is 5.82 Å². The van der Waals surface area contributed by atoms with E-state index in [1.807, 2.05) is 18.7 Å². The van der Waals surface area contributed by atoms with Crippen molar-refractivity contribution >= 4 is 17.4 Å². The number of carbonyl (C=O) groups excluding carboxylic acids is 1. The largest absolute Gasteiger partial charge is 0.476 e. The smallest absolute Gasteiger partial charge is 0.242 e. The standard InChI is InChI=1S/C12H21N5O2/c1-4-6-17(7-9(18)14-3)11-10(13)12(19-5-2)16-8-15-11/h8H,4-7,13H2,1-3H3,(H,14,18). The van der Waals surface area contributed by atoms with Crippen LogP contribution in [-0.4, -0.2) is 42.6 Å². The third-order valence-electron chi connectivity index (χ3n) is 2.51. The molecule has 0 radical (unpaired) electrons. The number of nitrogens with zero attached hydrogens (tertiary/aromatic N) is 3. The molecule has 0 saturated heterocycles. The number of hydrogen-bond donors (Lipinski definition) is 2. The molecule has 0 fully saturated rings. The first kappa shape index (κ1) is 15.0. The van der Waals surface area contributed by atoms with Crippen molar-refractivity contribution in [3.8, 4) is 5.88 Å². The van der Waals surface area contributed by atoms with Crippen molar-refractivity contribution in [1.29, 1.82) is 0 Å². The summed E-state index contributed by atoms with van der Waals surface area (Å²) in [6.07, 6.45) is 2.27. The number of nitrogens with two attached hydrogens (primary N) is 1. The van der Waals surface area contributed by atoms with Gasteiger partial charge >= 0.3 is 0 Å². The molecule has 1 aromatic rings. The lowest BCUT2D eigenvalue weighted by molar-refractivity contribution is -0.119. The van der Waals surface area contributed by atoms with Gasteiger partial charge in [0.1, 0.15) is 12.0 Å². The highest BCUT2D eigenvalue weighted by Crippen LogP contribution is 2.27. The summed E-state index contributed by atoms with van der Waals surface area (Å²) in [7, 11) is 1.60. The predicted molar refractivity (Wildman–Crippen MR) is 74.2 cm³/mol. The fraction of sp³-hybridized carbons (Fsp3) is 0.583. The molecule has 1 heterocycles. The maximum Gasteiger partial charge on any atom is 0.242 e. The van der Waals surface area contributed by atoms with E-state index in [0.29, 0.717) is 30.5 Å². The second-order valence-electron chi connectivity index (χ2n) is 3.94. The van der Waals surface area contributed by atoms with Gasteiger partial charge < -0.3 is 20.7 Å². The van der Waals surface area contributed by atoms with E-state index in [4.69, 9.17) is 10.5 Å². The van der Waals surface area contributed by atoms with Gasteiger partial charge in [0, 0.05) is 13.6 Å². The van der Waals surface area contributed by atoms with Gasteiger partial charge in [-0.25, -0.2) is 4.98 Å². The van der Waals surface area contributed by atoms with Crippen molar-refractivity contribution in [2.45, 2.75) is 20.3 Å². The molecule has 3 N–H and O–H groups in total. The Bertz CT molecular complexity index is 425. The van der Waals surface area contributed by atoms with E-state index < -0.39 is 0 Å². The summed E-state index contributed by atoms with van der Waals surface area (Å²) in [6, 6.07) is 0. The molecule has 1 rings (SSSR count). The number of aromatic nitrogens is 2. The maximum atomic E-state index is 11.5. The van der Waals surface area contributed by atoms with E-state index in [-0.39, 0.29) is 12.5 Å².